The van der Waals surface area contributed by atoms with Gasteiger partial charge >= 0.3 is 5.97 Å². The Kier molecular flexibility index (Phi) is 8.11. The highest BCUT2D eigenvalue weighted by Gasteiger charge is 2.43. The van der Waals surface area contributed by atoms with Crippen molar-refractivity contribution in [2.75, 3.05) is 25.1 Å². The summed E-state index contributed by atoms with van der Waals surface area (Å²) in [5, 5.41) is 11.4. The van der Waals surface area contributed by atoms with Crippen LogP contribution in [0.3, 0.4) is 0 Å². The monoisotopic (exact) mass is 414 g/mol. The van der Waals surface area contributed by atoms with Crippen LogP contribution in [0.5, 0.6) is 0 Å². The Labute approximate surface area is 169 Å². The van der Waals surface area contributed by atoms with E-state index in [1.165, 1.54) is 11.8 Å². The molecule has 2 saturated heterocycles. The van der Waals surface area contributed by atoms with E-state index in [1.54, 1.807) is 16.7 Å². The SMILES string of the molecule is CSCCC(N)C(=O)N1CCCC1C(=O)N1CCCC1C(=O)NC(C)C(=O)O. The van der Waals surface area contributed by atoms with Crippen molar-refractivity contribution in [1.82, 2.24) is 15.1 Å². The third-order valence-corrected chi connectivity index (χ3v) is 5.98. The predicted molar refractivity (Wildman–Crippen MR) is 106 cm³/mol. The number of carbonyl (C=O) groups excluding carboxylic acids is 3. The molecular formula is C18H30N4O5S. The smallest absolute Gasteiger partial charge is 0.325 e. The molecule has 0 radical (unpaired) electrons. The van der Waals surface area contributed by atoms with E-state index in [1.807, 2.05) is 6.26 Å². The molecule has 158 valence electrons. The summed E-state index contributed by atoms with van der Waals surface area (Å²) in [4.78, 5) is 52.3. The Bertz CT molecular complexity index is 617. The number of rotatable bonds is 8. The number of carboxylic acids is 1. The summed E-state index contributed by atoms with van der Waals surface area (Å²) in [6.45, 7) is 2.30. The highest BCUT2D eigenvalue weighted by molar-refractivity contribution is 7.98. The second-order valence-corrected chi connectivity index (χ2v) is 8.32. The Morgan fingerprint density at radius 1 is 1.14 bits per heavy atom. The lowest BCUT2D eigenvalue weighted by Gasteiger charge is -2.32. The molecule has 9 nitrogen and oxygen atoms in total. The van der Waals surface area contributed by atoms with Crippen molar-refractivity contribution in [3.63, 3.8) is 0 Å². The summed E-state index contributed by atoms with van der Waals surface area (Å²) in [5.74, 6) is -1.28. The molecule has 4 N–H and O–H groups in total. The quantitative estimate of drug-likeness (QED) is 0.494. The third kappa shape index (κ3) is 5.16. The van der Waals surface area contributed by atoms with Crippen LogP contribution in [0.15, 0.2) is 0 Å². The first-order valence-electron chi connectivity index (χ1n) is 9.66. The van der Waals surface area contributed by atoms with Crippen LogP contribution in [0.4, 0.5) is 0 Å². The topological polar surface area (TPSA) is 133 Å². The molecule has 2 aliphatic rings. The first kappa shape index (κ1) is 22.5. The summed E-state index contributed by atoms with van der Waals surface area (Å²) < 4.78 is 0. The van der Waals surface area contributed by atoms with E-state index >= 15 is 0 Å². The number of likely N-dealkylation sites (tertiary alicyclic amines) is 2. The van der Waals surface area contributed by atoms with Gasteiger partial charge in [-0.1, -0.05) is 0 Å². The second-order valence-electron chi connectivity index (χ2n) is 7.34. The van der Waals surface area contributed by atoms with Gasteiger partial charge in [0.15, 0.2) is 0 Å². The highest BCUT2D eigenvalue weighted by atomic mass is 32.2. The number of hydrogen-bond acceptors (Lipinski definition) is 6. The van der Waals surface area contributed by atoms with E-state index in [0.717, 1.165) is 12.2 Å². The molecule has 4 atom stereocenters. The number of aliphatic carboxylic acids is 1. The van der Waals surface area contributed by atoms with Crippen LogP contribution in [0.25, 0.3) is 0 Å². The fourth-order valence-electron chi connectivity index (χ4n) is 3.73. The summed E-state index contributed by atoms with van der Waals surface area (Å²) in [6, 6.07) is -2.95. The minimum atomic E-state index is -1.13. The zero-order chi connectivity index (χ0) is 20.8. The zero-order valence-corrected chi connectivity index (χ0v) is 17.2. The number of amides is 3. The molecule has 2 heterocycles. The van der Waals surface area contributed by atoms with E-state index in [4.69, 9.17) is 10.8 Å². The highest BCUT2D eigenvalue weighted by Crippen LogP contribution is 2.25. The van der Waals surface area contributed by atoms with Crippen LogP contribution < -0.4 is 11.1 Å². The predicted octanol–water partition coefficient (Wildman–Crippen LogP) is -0.362. The average molecular weight is 415 g/mol. The van der Waals surface area contributed by atoms with Gasteiger partial charge in [0.2, 0.25) is 17.7 Å². The Balaban J connectivity index is 2.05. The van der Waals surface area contributed by atoms with Crippen LogP contribution in [-0.2, 0) is 19.2 Å². The Morgan fingerprint density at radius 2 is 1.75 bits per heavy atom. The van der Waals surface area contributed by atoms with Crippen LogP contribution in [0, 0.1) is 0 Å². The number of carbonyl (C=O) groups is 4. The van der Waals surface area contributed by atoms with Gasteiger partial charge in [0.1, 0.15) is 18.1 Å². The lowest BCUT2D eigenvalue weighted by atomic mass is 10.1. The van der Waals surface area contributed by atoms with Gasteiger partial charge in [0.25, 0.3) is 0 Å². The van der Waals surface area contributed by atoms with Crippen molar-refractivity contribution < 1.29 is 24.3 Å². The van der Waals surface area contributed by atoms with E-state index in [0.29, 0.717) is 38.8 Å². The van der Waals surface area contributed by atoms with Crippen LogP contribution in [-0.4, -0.2) is 87.9 Å². The maximum atomic E-state index is 13.1. The molecule has 0 aromatic carbocycles. The molecule has 0 saturated carbocycles. The zero-order valence-electron chi connectivity index (χ0n) is 16.4. The number of nitrogens with one attached hydrogen (secondary N) is 1. The first-order valence-corrected chi connectivity index (χ1v) is 11.1. The van der Waals surface area contributed by atoms with E-state index < -0.39 is 36.0 Å². The molecule has 28 heavy (non-hydrogen) atoms. The molecule has 2 aliphatic heterocycles. The molecule has 0 bridgehead atoms. The van der Waals surface area contributed by atoms with E-state index in [9.17, 15) is 19.2 Å². The first-order chi connectivity index (χ1) is 13.3. The van der Waals surface area contributed by atoms with Crippen molar-refractivity contribution in [2.45, 2.75) is 63.2 Å². The Morgan fingerprint density at radius 3 is 2.36 bits per heavy atom. The molecule has 2 rings (SSSR count). The maximum Gasteiger partial charge on any atom is 0.325 e. The van der Waals surface area contributed by atoms with Gasteiger partial charge in [0.05, 0.1) is 6.04 Å². The van der Waals surface area contributed by atoms with Gasteiger partial charge in [-0.05, 0) is 51.0 Å². The van der Waals surface area contributed by atoms with Crippen LogP contribution in [0.2, 0.25) is 0 Å². The van der Waals surface area contributed by atoms with Gasteiger partial charge in [0, 0.05) is 13.1 Å². The van der Waals surface area contributed by atoms with Crippen molar-refractivity contribution in [1.29, 1.82) is 0 Å². The molecule has 0 aromatic heterocycles. The molecule has 0 aliphatic carbocycles. The van der Waals surface area contributed by atoms with Crippen molar-refractivity contribution in [2.24, 2.45) is 5.73 Å². The van der Waals surface area contributed by atoms with Gasteiger partial charge in [-0.15, -0.1) is 0 Å². The second kappa shape index (κ2) is 10.1. The lowest BCUT2D eigenvalue weighted by Crippen LogP contribution is -2.56. The molecule has 0 spiro atoms. The van der Waals surface area contributed by atoms with Crippen molar-refractivity contribution in [3.05, 3.63) is 0 Å². The molecule has 2 fully saturated rings. The molecule has 3 amide bonds. The average Bonchev–Trinajstić information content (AvgIpc) is 3.33. The summed E-state index contributed by atoms with van der Waals surface area (Å²) >= 11 is 1.62. The number of nitrogens with zero attached hydrogens (tertiary/aromatic N) is 2. The molecule has 0 aromatic rings. The maximum absolute atomic E-state index is 13.1. The normalized spacial score (nSPS) is 24.1. The van der Waals surface area contributed by atoms with E-state index in [-0.39, 0.29) is 11.8 Å². The molecule has 4 unspecified atom stereocenters. The summed E-state index contributed by atoms with van der Waals surface area (Å²) in [7, 11) is 0. The Hall–Kier alpha value is -1.81. The van der Waals surface area contributed by atoms with Crippen LogP contribution in [0.1, 0.15) is 39.0 Å². The summed E-state index contributed by atoms with van der Waals surface area (Å²) in [6.07, 6.45) is 4.92. The number of thioether (sulfide) groups is 1. The standard InChI is InChI=1S/C18H30N4O5S/c1-11(18(26)27)20-15(23)13-5-3-8-21(13)17(25)14-6-4-9-22(14)16(24)12(19)7-10-28-2/h11-14H,3-10,19H2,1-2H3,(H,20,23)(H,26,27). The number of hydrogen-bond donors (Lipinski definition) is 3. The van der Waals surface area contributed by atoms with Gasteiger partial charge in [-0.2, -0.15) is 11.8 Å². The van der Waals surface area contributed by atoms with Gasteiger partial charge in [-0.3, -0.25) is 19.2 Å². The largest absolute Gasteiger partial charge is 0.480 e. The van der Waals surface area contributed by atoms with Crippen molar-refractivity contribution >= 4 is 35.5 Å². The fourth-order valence-corrected chi connectivity index (χ4v) is 4.22. The van der Waals surface area contributed by atoms with Crippen LogP contribution >= 0.6 is 11.8 Å². The third-order valence-electron chi connectivity index (χ3n) is 5.34. The summed E-state index contributed by atoms with van der Waals surface area (Å²) in [5.41, 5.74) is 6.01. The lowest BCUT2D eigenvalue weighted by molar-refractivity contribution is -0.148. The minimum absolute atomic E-state index is 0.218. The molecular weight excluding hydrogens is 384 g/mol. The van der Waals surface area contributed by atoms with E-state index in [2.05, 4.69) is 5.32 Å². The fraction of sp³-hybridized carbons (Fsp3) is 0.778. The minimum Gasteiger partial charge on any atom is -0.480 e. The number of nitrogens with two attached hydrogens (primary N) is 1. The molecule has 10 heteroatoms. The van der Waals surface area contributed by atoms with Crippen molar-refractivity contribution in [3.8, 4) is 0 Å². The number of carboxylic acid groups (broad SMARTS) is 1. The van der Waals surface area contributed by atoms with Gasteiger partial charge < -0.3 is 26.0 Å². The van der Waals surface area contributed by atoms with Gasteiger partial charge in [-0.25, -0.2) is 0 Å².